The summed E-state index contributed by atoms with van der Waals surface area (Å²) in [6.45, 7) is 1.54. The molecule has 0 saturated carbocycles. The summed E-state index contributed by atoms with van der Waals surface area (Å²) >= 11 is 0. The Morgan fingerprint density at radius 3 is 2.16 bits per heavy atom. The Morgan fingerprint density at radius 1 is 0.839 bits per heavy atom. The Bertz CT molecular complexity index is 1280. The fraction of sp³-hybridized carbons (Fsp3) is 0.0769. The fourth-order valence-electron chi connectivity index (χ4n) is 3.56. The second-order valence-electron chi connectivity index (χ2n) is 7.32. The van der Waals surface area contributed by atoms with Crippen molar-refractivity contribution in [3.8, 4) is 28.0 Å². The molecule has 0 atom stereocenters. The first-order valence-corrected chi connectivity index (χ1v) is 9.96. The van der Waals surface area contributed by atoms with Crippen LogP contribution in [0.3, 0.4) is 0 Å². The Morgan fingerprint density at radius 2 is 1.45 bits per heavy atom. The zero-order valence-electron chi connectivity index (χ0n) is 17.1. The number of amides is 1. The van der Waals surface area contributed by atoms with Crippen molar-refractivity contribution >= 4 is 11.6 Å². The van der Waals surface area contributed by atoms with Crippen LogP contribution in [0.2, 0.25) is 0 Å². The van der Waals surface area contributed by atoms with Gasteiger partial charge < -0.3 is 15.0 Å². The summed E-state index contributed by atoms with van der Waals surface area (Å²) < 4.78 is 1.33. The summed E-state index contributed by atoms with van der Waals surface area (Å²) in [5.74, 6) is -0.423. The largest absolute Gasteiger partial charge is 0.508 e. The Kier molecular flexibility index (Phi) is 5.67. The molecular formula is C26H22N2O3. The average Bonchev–Trinajstić information content (AvgIpc) is 2.77. The van der Waals surface area contributed by atoms with E-state index < -0.39 is 5.56 Å². The van der Waals surface area contributed by atoms with E-state index in [1.165, 1.54) is 10.6 Å². The average molecular weight is 410 g/mol. The smallest absolute Gasteiger partial charge is 0.254 e. The van der Waals surface area contributed by atoms with E-state index in [9.17, 15) is 14.7 Å². The van der Waals surface area contributed by atoms with Gasteiger partial charge >= 0.3 is 0 Å². The van der Waals surface area contributed by atoms with Crippen molar-refractivity contribution in [2.24, 2.45) is 0 Å². The Labute approximate surface area is 180 Å². The van der Waals surface area contributed by atoms with Crippen LogP contribution in [0, 0.1) is 6.92 Å². The summed E-state index contributed by atoms with van der Waals surface area (Å²) in [6.07, 6.45) is 0. The molecule has 3 aromatic carbocycles. The number of rotatable bonds is 5. The van der Waals surface area contributed by atoms with E-state index >= 15 is 0 Å². The van der Waals surface area contributed by atoms with Gasteiger partial charge in [-0.2, -0.15) is 0 Å². The SMILES string of the molecule is Cc1cc(O)cc(=O)n1CC(=O)Nc1ccccc1-c1ccc(-c2ccccc2)cc1. The summed E-state index contributed by atoms with van der Waals surface area (Å²) in [7, 11) is 0. The van der Waals surface area contributed by atoms with E-state index in [-0.39, 0.29) is 18.2 Å². The van der Waals surface area contributed by atoms with Gasteiger partial charge in [0.25, 0.3) is 5.56 Å². The van der Waals surface area contributed by atoms with Crippen molar-refractivity contribution in [2.45, 2.75) is 13.5 Å². The second kappa shape index (κ2) is 8.71. The highest BCUT2D eigenvalue weighted by atomic mass is 16.3. The molecule has 1 amide bonds. The van der Waals surface area contributed by atoms with Gasteiger partial charge in [0.05, 0.1) is 0 Å². The lowest BCUT2D eigenvalue weighted by Crippen LogP contribution is -2.28. The van der Waals surface area contributed by atoms with E-state index in [0.717, 1.165) is 28.3 Å². The van der Waals surface area contributed by atoms with Crippen LogP contribution in [0.5, 0.6) is 5.75 Å². The number of anilines is 1. The maximum Gasteiger partial charge on any atom is 0.254 e. The van der Waals surface area contributed by atoms with Crippen LogP contribution in [0.4, 0.5) is 5.69 Å². The van der Waals surface area contributed by atoms with Gasteiger partial charge in [0.2, 0.25) is 5.91 Å². The predicted octanol–water partition coefficient (Wildman–Crippen LogP) is 4.84. The minimum Gasteiger partial charge on any atom is -0.508 e. The fourth-order valence-corrected chi connectivity index (χ4v) is 3.56. The van der Waals surface area contributed by atoms with Crippen LogP contribution >= 0.6 is 0 Å². The number of carbonyl (C=O) groups is 1. The number of hydrogen-bond acceptors (Lipinski definition) is 3. The molecule has 5 nitrogen and oxygen atoms in total. The quantitative estimate of drug-likeness (QED) is 0.495. The van der Waals surface area contributed by atoms with Gasteiger partial charge in [-0.25, -0.2) is 0 Å². The van der Waals surface area contributed by atoms with Gasteiger partial charge in [-0.3, -0.25) is 9.59 Å². The molecule has 4 rings (SSSR count). The first kappa shape index (κ1) is 20.2. The van der Waals surface area contributed by atoms with Crippen molar-refractivity contribution in [1.29, 1.82) is 0 Å². The van der Waals surface area contributed by atoms with Crippen LogP contribution in [0.25, 0.3) is 22.3 Å². The number of hydrogen-bond donors (Lipinski definition) is 2. The Hall–Kier alpha value is -4.12. The first-order valence-electron chi connectivity index (χ1n) is 9.96. The third kappa shape index (κ3) is 4.56. The third-order valence-corrected chi connectivity index (χ3v) is 5.13. The molecule has 0 spiro atoms. The molecule has 1 heterocycles. The number of aromatic nitrogens is 1. The molecule has 0 aliphatic carbocycles. The van der Waals surface area contributed by atoms with Gasteiger partial charge in [0.15, 0.2) is 0 Å². The van der Waals surface area contributed by atoms with Crippen molar-refractivity contribution < 1.29 is 9.90 Å². The normalized spacial score (nSPS) is 10.6. The highest BCUT2D eigenvalue weighted by Crippen LogP contribution is 2.30. The number of pyridine rings is 1. The van der Waals surface area contributed by atoms with Gasteiger partial charge in [0, 0.05) is 23.0 Å². The summed E-state index contributed by atoms with van der Waals surface area (Å²) in [5, 5.41) is 12.4. The lowest BCUT2D eigenvalue weighted by molar-refractivity contribution is -0.116. The molecule has 2 N–H and O–H groups in total. The van der Waals surface area contributed by atoms with Gasteiger partial charge in [0.1, 0.15) is 12.3 Å². The van der Waals surface area contributed by atoms with Crippen molar-refractivity contribution in [1.82, 2.24) is 4.57 Å². The van der Waals surface area contributed by atoms with Gasteiger partial charge in [-0.05, 0) is 35.7 Å². The molecule has 0 aliphatic rings. The standard InChI is InChI=1S/C26H22N2O3/c1-18-15-22(29)16-26(31)28(18)17-25(30)27-24-10-6-5-9-23(24)21-13-11-20(12-14-21)19-7-3-2-4-8-19/h2-16,29H,17H2,1H3,(H,27,30). The topological polar surface area (TPSA) is 71.3 Å². The minimum absolute atomic E-state index is 0.108. The van der Waals surface area contributed by atoms with Crippen molar-refractivity contribution in [3.05, 3.63) is 107 Å². The number of aromatic hydroxyl groups is 1. The number of carbonyl (C=O) groups excluding carboxylic acids is 1. The summed E-state index contributed by atoms with van der Waals surface area (Å²) in [5.41, 5.74) is 4.91. The molecule has 1 aromatic heterocycles. The molecule has 5 heteroatoms. The molecule has 0 radical (unpaired) electrons. The number of para-hydroxylation sites is 1. The van der Waals surface area contributed by atoms with E-state index in [4.69, 9.17) is 0 Å². The molecule has 154 valence electrons. The lowest BCUT2D eigenvalue weighted by atomic mass is 9.99. The number of aryl methyl sites for hydroxylation is 1. The van der Waals surface area contributed by atoms with E-state index in [2.05, 4.69) is 29.6 Å². The monoisotopic (exact) mass is 410 g/mol. The zero-order chi connectivity index (χ0) is 21.8. The van der Waals surface area contributed by atoms with Crippen molar-refractivity contribution in [3.63, 3.8) is 0 Å². The summed E-state index contributed by atoms with van der Waals surface area (Å²) in [4.78, 5) is 24.8. The molecule has 4 aromatic rings. The molecular weight excluding hydrogens is 388 g/mol. The molecule has 0 bridgehead atoms. The zero-order valence-corrected chi connectivity index (χ0v) is 17.1. The second-order valence-corrected chi connectivity index (χ2v) is 7.32. The number of nitrogens with zero attached hydrogens (tertiary/aromatic N) is 1. The van der Waals surface area contributed by atoms with Crippen LogP contribution in [-0.4, -0.2) is 15.6 Å². The lowest BCUT2D eigenvalue weighted by Gasteiger charge is -2.14. The minimum atomic E-state index is -0.419. The highest BCUT2D eigenvalue weighted by molar-refractivity contribution is 5.95. The maximum atomic E-state index is 12.7. The number of nitrogens with one attached hydrogen (secondary N) is 1. The van der Waals surface area contributed by atoms with Crippen LogP contribution in [0.1, 0.15) is 5.69 Å². The van der Waals surface area contributed by atoms with Gasteiger partial charge in [-0.15, -0.1) is 0 Å². The molecule has 0 saturated heterocycles. The van der Waals surface area contributed by atoms with E-state index in [1.54, 1.807) is 6.92 Å². The third-order valence-electron chi connectivity index (χ3n) is 5.13. The maximum absolute atomic E-state index is 12.7. The molecule has 31 heavy (non-hydrogen) atoms. The predicted molar refractivity (Wildman–Crippen MR) is 123 cm³/mol. The van der Waals surface area contributed by atoms with Crippen molar-refractivity contribution in [2.75, 3.05) is 5.32 Å². The molecule has 0 unspecified atom stereocenters. The Balaban J connectivity index is 1.57. The van der Waals surface area contributed by atoms with Crippen LogP contribution in [-0.2, 0) is 11.3 Å². The van der Waals surface area contributed by atoms with Crippen LogP contribution in [0.15, 0.2) is 95.8 Å². The van der Waals surface area contributed by atoms with E-state index in [1.807, 2.05) is 54.6 Å². The molecule has 0 fully saturated rings. The summed E-state index contributed by atoms with van der Waals surface area (Å²) in [6, 6.07) is 28.4. The van der Waals surface area contributed by atoms with Crippen LogP contribution < -0.4 is 10.9 Å². The highest BCUT2D eigenvalue weighted by Gasteiger charge is 2.12. The van der Waals surface area contributed by atoms with Gasteiger partial charge in [-0.1, -0.05) is 72.8 Å². The first-order chi connectivity index (χ1) is 15.0. The van der Waals surface area contributed by atoms with E-state index in [0.29, 0.717) is 11.4 Å². The molecule has 0 aliphatic heterocycles. The number of benzene rings is 3.